The number of nitrogens with zero attached hydrogens (tertiary/aromatic N) is 4. The molecule has 1 saturated heterocycles. The molecule has 1 aliphatic rings. The number of para-hydroxylation sites is 1. The van der Waals surface area contributed by atoms with Crippen LogP contribution in [0.25, 0.3) is 11.4 Å². The van der Waals surface area contributed by atoms with Gasteiger partial charge in [0.05, 0.1) is 5.56 Å². The first-order chi connectivity index (χ1) is 14.1. The highest BCUT2D eigenvalue weighted by atomic mass is 32.1. The van der Waals surface area contributed by atoms with Crippen molar-refractivity contribution in [2.24, 2.45) is 0 Å². The Morgan fingerprint density at radius 2 is 1.69 bits per heavy atom. The minimum Gasteiger partial charge on any atom is -0.434 e. The average Bonchev–Trinajstić information content (AvgIpc) is 3.24. The van der Waals surface area contributed by atoms with Crippen LogP contribution < -0.4 is 9.64 Å². The van der Waals surface area contributed by atoms with E-state index in [4.69, 9.17) is 0 Å². The number of anilines is 1. The van der Waals surface area contributed by atoms with Crippen LogP contribution in [0.5, 0.6) is 5.75 Å². The molecule has 1 aromatic heterocycles. The van der Waals surface area contributed by atoms with Gasteiger partial charge in [-0.1, -0.05) is 42.5 Å². The number of aromatic nitrogens is 2. The van der Waals surface area contributed by atoms with Crippen LogP contribution in [-0.4, -0.2) is 53.0 Å². The summed E-state index contributed by atoms with van der Waals surface area (Å²) in [5.41, 5.74) is 1.10. The van der Waals surface area contributed by atoms with Crippen LogP contribution in [0.3, 0.4) is 0 Å². The number of carbonyl (C=O) groups is 1. The highest BCUT2D eigenvalue weighted by Gasteiger charge is 2.26. The van der Waals surface area contributed by atoms with E-state index in [9.17, 15) is 13.6 Å². The monoisotopic (exact) mass is 416 g/mol. The molecular weight excluding hydrogens is 398 g/mol. The van der Waals surface area contributed by atoms with Gasteiger partial charge >= 0.3 is 6.61 Å². The van der Waals surface area contributed by atoms with Gasteiger partial charge in [0.25, 0.3) is 5.91 Å². The fourth-order valence-corrected chi connectivity index (χ4v) is 3.90. The van der Waals surface area contributed by atoms with Gasteiger partial charge in [0.15, 0.2) is 5.82 Å². The Labute approximate surface area is 170 Å². The number of halogens is 2. The van der Waals surface area contributed by atoms with Crippen molar-refractivity contribution in [1.29, 1.82) is 0 Å². The van der Waals surface area contributed by atoms with Crippen LogP contribution in [0.15, 0.2) is 54.6 Å². The Morgan fingerprint density at radius 1 is 1.00 bits per heavy atom. The molecule has 1 aliphatic heterocycles. The Hall–Kier alpha value is -3.07. The van der Waals surface area contributed by atoms with E-state index in [1.165, 1.54) is 23.7 Å². The van der Waals surface area contributed by atoms with Crippen LogP contribution in [0.1, 0.15) is 10.4 Å². The first-order valence-electron chi connectivity index (χ1n) is 9.09. The number of amides is 1. The predicted octanol–water partition coefficient (Wildman–Crippen LogP) is 3.77. The van der Waals surface area contributed by atoms with Gasteiger partial charge in [-0.05, 0) is 12.1 Å². The minimum absolute atomic E-state index is 0.105. The Kier molecular flexibility index (Phi) is 5.66. The molecule has 29 heavy (non-hydrogen) atoms. The first kappa shape index (κ1) is 19.3. The summed E-state index contributed by atoms with van der Waals surface area (Å²) in [4.78, 5) is 21.1. The summed E-state index contributed by atoms with van der Waals surface area (Å²) in [5, 5.41) is 0.803. The average molecular weight is 416 g/mol. The summed E-state index contributed by atoms with van der Waals surface area (Å²) in [6.45, 7) is -0.874. The molecule has 0 saturated carbocycles. The second-order valence-corrected chi connectivity index (χ2v) is 7.15. The van der Waals surface area contributed by atoms with Gasteiger partial charge in [0.1, 0.15) is 5.75 Å². The lowest BCUT2D eigenvalue weighted by molar-refractivity contribution is -0.0502. The Morgan fingerprint density at radius 3 is 2.41 bits per heavy atom. The molecule has 0 radical (unpaired) electrons. The Bertz CT molecular complexity index is 975. The molecule has 0 spiro atoms. The smallest absolute Gasteiger partial charge is 0.387 e. The SMILES string of the molecule is O=C(c1ccccc1OC(F)F)N1CCN(c2nc(-c3ccccc3)ns2)CC1. The molecule has 0 aliphatic carbocycles. The maximum atomic E-state index is 12.8. The van der Waals surface area contributed by atoms with Crippen LogP contribution >= 0.6 is 11.5 Å². The molecule has 4 rings (SSSR count). The van der Waals surface area contributed by atoms with E-state index in [1.807, 2.05) is 30.3 Å². The van der Waals surface area contributed by atoms with Gasteiger partial charge in [-0.2, -0.15) is 18.1 Å². The number of alkyl halides is 2. The molecule has 1 fully saturated rings. The third-order valence-corrected chi connectivity index (χ3v) is 5.40. The number of hydrogen-bond acceptors (Lipinski definition) is 6. The molecule has 2 aromatic carbocycles. The summed E-state index contributed by atoms with van der Waals surface area (Å²) in [6.07, 6.45) is 0. The fraction of sp³-hybridized carbons (Fsp3) is 0.250. The lowest BCUT2D eigenvalue weighted by Crippen LogP contribution is -2.48. The third-order valence-electron chi connectivity index (χ3n) is 4.62. The number of benzene rings is 2. The van der Waals surface area contributed by atoms with E-state index in [0.717, 1.165) is 10.7 Å². The van der Waals surface area contributed by atoms with Gasteiger partial charge in [-0.3, -0.25) is 4.79 Å². The van der Waals surface area contributed by atoms with Crippen molar-refractivity contribution < 1.29 is 18.3 Å². The third kappa shape index (κ3) is 4.34. The summed E-state index contributed by atoms with van der Waals surface area (Å²) >= 11 is 1.32. The van der Waals surface area contributed by atoms with Crippen molar-refractivity contribution >= 4 is 22.6 Å². The topological polar surface area (TPSA) is 58.6 Å². The van der Waals surface area contributed by atoms with Crippen molar-refractivity contribution in [1.82, 2.24) is 14.3 Å². The summed E-state index contributed by atoms with van der Waals surface area (Å²) in [6, 6.07) is 15.8. The summed E-state index contributed by atoms with van der Waals surface area (Å²) in [5.74, 6) is 0.261. The van der Waals surface area contributed by atoms with E-state index < -0.39 is 6.61 Å². The zero-order chi connectivity index (χ0) is 20.2. The van der Waals surface area contributed by atoms with Crippen molar-refractivity contribution in [2.75, 3.05) is 31.1 Å². The minimum atomic E-state index is -2.97. The molecule has 0 N–H and O–H groups in total. The van der Waals surface area contributed by atoms with Gasteiger partial charge in [-0.25, -0.2) is 0 Å². The van der Waals surface area contributed by atoms with Crippen molar-refractivity contribution in [2.45, 2.75) is 6.61 Å². The highest BCUT2D eigenvalue weighted by molar-refractivity contribution is 7.09. The number of hydrogen-bond donors (Lipinski definition) is 0. The molecule has 2 heterocycles. The molecule has 0 unspecified atom stereocenters. The largest absolute Gasteiger partial charge is 0.434 e. The van der Waals surface area contributed by atoms with E-state index in [-0.39, 0.29) is 17.2 Å². The molecule has 6 nitrogen and oxygen atoms in total. The lowest BCUT2D eigenvalue weighted by atomic mass is 10.1. The van der Waals surface area contributed by atoms with Gasteiger partial charge in [0.2, 0.25) is 5.13 Å². The summed E-state index contributed by atoms with van der Waals surface area (Å²) < 4.78 is 34.1. The predicted molar refractivity (Wildman–Crippen MR) is 107 cm³/mol. The molecule has 150 valence electrons. The standard InChI is InChI=1S/C20H18F2N4O2S/c21-19(22)28-16-9-5-4-8-15(16)18(27)25-10-12-26(13-11-25)20-23-17(24-29-20)14-6-2-1-3-7-14/h1-9,19H,10-13H2. The van der Waals surface area contributed by atoms with Gasteiger partial charge < -0.3 is 14.5 Å². The van der Waals surface area contributed by atoms with E-state index >= 15 is 0 Å². The normalized spacial score (nSPS) is 14.3. The molecule has 9 heteroatoms. The molecule has 1 amide bonds. The van der Waals surface area contributed by atoms with Crippen LogP contribution in [0.2, 0.25) is 0 Å². The number of piperazine rings is 1. The molecule has 3 aromatic rings. The van der Waals surface area contributed by atoms with Crippen LogP contribution in [0.4, 0.5) is 13.9 Å². The van der Waals surface area contributed by atoms with Gasteiger partial charge in [-0.15, -0.1) is 0 Å². The van der Waals surface area contributed by atoms with E-state index in [0.29, 0.717) is 32.0 Å². The highest BCUT2D eigenvalue weighted by Crippen LogP contribution is 2.26. The summed E-state index contributed by atoms with van der Waals surface area (Å²) in [7, 11) is 0. The number of ether oxygens (including phenoxy) is 1. The zero-order valence-corrected chi connectivity index (χ0v) is 16.2. The zero-order valence-electron chi connectivity index (χ0n) is 15.4. The molecule has 0 bridgehead atoms. The maximum Gasteiger partial charge on any atom is 0.387 e. The van der Waals surface area contributed by atoms with Crippen LogP contribution in [0, 0.1) is 0 Å². The van der Waals surface area contributed by atoms with E-state index in [2.05, 4.69) is 19.0 Å². The number of carbonyl (C=O) groups excluding carboxylic acids is 1. The van der Waals surface area contributed by atoms with Crippen molar-refractivity contribution in [3.63, 3.8) is 0 Å². The first-order valence-corrected chi connectivity index (χ1v) is 9.86. The van der Waals surface area contributed by atoms with Gasteiger partial charge in [0, 0.05) is 43.3 Å². The quantitative estimate of drug-likeness (QED) is 0.634. The lowest BCUT2D eigenvalue weighted by Gasteiger charge is -2.34. The fourth-order valence-electron chi connectivity index (χ4n) is 3.16. The number of rotatable bonds is 5. The Balaban J connectivity index is 1.41. The van der Waals surface area contributed by atoms with Crippen molar-refractivity contribution in [3.05, 3.63) is 60.2 Å². The molecule has 0 atom stereocenters. The van der Waals surface area contributed by atoms with E-state index in [1.54, 1.807) is 17.0 Å². The second kappa shape index (κ2) is 8.52. The maximum absolute atomic E-state index is 12.8. The van der Waals surface area contributed by atoms with Crippen LogP contribution in [-0.2, 0) is 0 Å². The molecular formula is C20H18F2N4O2S. The second-order valence-electron chi connectivity index (χ2n) is 6.42. The van der Waals surface area contributed by atoms with Crippen molar-refractivity contribution in [3.8, 4) is 17.1 Å².